The first kappa shape index (κ1) is 13.0. The minimum absolute atomic E-state index is 0.157. The Hall–Kier alpha value is -2.10. The van der Waals surface area contributed by atoms with Gasteiger partial charge in [-0.05, 0) is 26.0 Å². The molecule has 1 heterocycles. The SMILES string of the molecule is C/C=C\C(=C/C)C(=O)Nc1ccc(NC)cn1. The quantitative estimate of drug-likeness (QED) is 0.618. The van der Waals surface area contributed by atoms with Crippen LogP contribution in [0.4, 0.5) is 11.5 Å². The zero-order chi connectivity index (χ0) is 12.7. The van der Waals surface area contributed by atoms with Crippen LogP contribution in [-0.4, -0.2) is 17.9 Å². The van der Waals surface area contributed by atoms with E-state index in [1.54, 1.807) is 24.4 Å². The molecule has 1 aromatic rings. The molecule has 0 aliphatic heterocycles. The van der Waals surface area contributed by atoms with Gasteiger partial charge >= 0.3 is 0 Å². The van der Waals surface area contributed by atoms with Crippen molar-refractivity contribution in [1.82, 2.24) is 4.98 Å². The van der Waals surface area contributed by atoms with Crippen LogP contribution in [0.25, 0.3) is 0 Å². The van der Waals surface area contributed by atoms with Gasteiger partial charge in [-0.25, -0.2) is 4.98 Å². The van der Waals surface area contributed by atoms with Crippen molar-refractivity contribution in [3.63, 3.8) is 0 Å². The molecule has 0 fully saturated rings. The van der Waals surface area contributed by atoms with E-state index in [-0.39, 0.29) is 5.91 Å². The highest BCUT2D eigenvalue weighted by Crippen LogP contribution is 2.10. The number of anilines is 2. The number of hydrogen-bond donors (Lipinski definition) is 2. The second-order valence-electron chi connectivity index (χ2n) is 3.38. The summed E-state index contributed by atoms with van der Waals surface area (Å²) in [6.07, 6.45) is 7.02. The van der Waals surface area contributed by atoms with Crippen LogP contribution >= 0.6 is 0 Å². The predicted octanol–water partition coefficient (Wildman–Crippen LogP) is 2.58. The number of carbonyl (C=O) groups excluding carboxylic acids is 1. The Labute approximate surface area is 101 Å². The van der Waals surface area contributed by atoms with Crippen molar-refractivity contribution in [2.24, 2.45) is 0 Å². The largest absolute Gasteiger partial charge is 0.387 e. The second-order valence-corrected chi connectivity index (χ2v) is 3.38. The van der Waals surface area contributed by atoms with E-state index < -0.39 is 0 Å². The normalized spacial score (nSPS) is 11.6. The van der Waals surface area contributed by atoms with Gasteiger partial charge in [-0.15, -0.1) is 0 Å². The summed E-state index contributed by atoms with van der Waals surface area (Å²) in [4.78, 5) is 15.9. The minimum atomic E-state index is -0.157. The fraction of sp³-hybridized carbons (Fsp3) is 0.231. The summed E-state index contributed by atoms with van der Waals surface area (Å²) in [6, 6.07) is 3.61. The van der Waals surface area contributed by atoms with E-state index in [2.05, 4.69) is 15.6 Å². The Balaban J connectivity index is 2.73. The molecule has 0 unspecified atom stereocenters. The molecule has 2 N–H and O–H groups in total. The first-order valence-electron chi connectivity index (χ1n) is 5.45. The molecule has 0 saturated carbocycles. The van der Waals surface area contributed by atoms with Gasteiger partial charge in [-0.1, -0.05) is 18.2 Å². The number of pyridine rings is 1. The lowest BCUT2D eigenvalue weighted by Gasteiger charge is -2.05. The highest BCUT2D eigenvalue weighted by Gasteiger charge is 2.05. The number of aromatic nitrogens is 1. The number of rotatable bonds is 4. The highest BCUT2D eigenvalue weighted by molar-refractivity contribution is 6.05. The summed E-state index contributed by atoms with van der Waals surface area (Å²) >= 11 is 0. The van der Waals surface area contributed by atoms with Crippen LogP contribution in [0, 0.1) is 0 Å². The molecule has 1 aromatic heterocycles. The molecule has 0 bridgehead atoms. The van der Waals surface area contributed by atoms with E-state index in [1.165, 1.54) is 0 Å². The molecule has 90 valence electrons. The van der Waals surface area contributed by atoms with E-state index in [0.717, 1.165) is 5.69 Å². The number of allylic oxidation sites excluding steroid dienone is 2. The number of amides is 1. The number of nitrogens with one attached hydrogen (secondary N) is 2. The third-order valence-electron chi connectivity index (χ3n) is 2.21. The van der Waals surface area contributed by atoms with E-state index >= 15 is 0 Å². The zero-order valence-electron chi connectivity index (χ0n) is 10.3. The third-order valence-corrected chi connectivity index (χ3v) is 2.21. The average Bonchev–Trinajstić information content (AvgIpc) is 2.36. The molecule has 0 saturated heterocycles. The summed E-state index contributed by atoms with van der Waals surface area (Å²) in [6.45, 7) is 3.70. The van der Waals surface area contributed by atoms with Crippen molar-refractivity contribution in [3.05, 3.63) is 42.1 Å². The first-order chi connectivity index (χ1) is 8.21. The third kappa shape index (κ3) is 3.75. The lowest BCUT2D eigenvalue weighted by molar-refractivity contribution is -0.112. The Morgan fingerprint density at radius 1 is 1.35 bits per heavy atom. The molecular weight excluding hydrogens is 214 g/mol. The zero-order valence-corrected chi connectivity index (χ0v) is 10.3. The maximum absolute atomic E-state index is 11.8. The maximum atomic E-state index is 11.8. The Morgan fingerprint density at radius 2 is 2.12 bits per heavy atom. The van der Waals surface area contributed by atoms with Crippen LogP contribution in [0.15, 0.2) is 42.1 Å². The summed E-state index contributed by atoms with van der Waals surface area (Å²) < 4.78 is 0. The molecule has 1 rings (SSSR count). The molecule has 17 heavy (non-hydrogen) atoms. The van der Waals surface area contributed by atoms with Gasteiger partial charge in [-0.2, -0.15) is 0 Å². The van der Waals surface area contributed by atoms with Crippen LogP contribution < -0.4 is 10.6 Å². The van der Waals surface area contributed by atoms with E-state index in [1.807, 2.05) is 33.0 Å². The van der Waals surface area contributed by atoms with Crippen molar-refractivity contribution in [2.45, 2.75) is 13.8 Å². The van der Waals surface area contributed by atoms with Crippen LogP contribution in [0.5, 0.6) is 0 Å². The topological polar surface area (TPSA) is 54.0 Å². The Bertz CT molecular complexity index is 432. The van der Waals surface area contributed by atoms with Gasteiger partial charge in [0.2, 0.25) is 0 Å². The van der Waals surface area contributed by atoms with E-state index in [0.29, 0.717) is 11.4 Å². The lowest BCUT2D eigenvalue weighted by Crippen LogP contribution is -2.14. The van der Waals surface area contributed by atoms with Crippen molar-refractivity contribution in [1.29, 1.82) is 0 Å². The fourth-order valence-electron chi connectivity index (χ4n) is 1.29. The molecule has 1 amide bonds. The molecule has 4 heteroatoms. The van der Waals surface area contributed by atoms with Crippen molar-refractivity contribution in [3.8, 4) is 0 Å². The minimum Gasteiger partial charge on any atom is -0.387 e. The van der Waals surface area contributed by atoms with Gasteiger partial charge in [0.15, 0.2) is 0 Å². The van der Waals surface area contributed by atoms with Crippen LogP contribution in [0.1, 0.15) is 13.8 Å². The molecule has 0 aromatic carbocycles. The molecule has 4 nitrogen and oxygen atoms in total. The summed E-state index contributed by atoms with van der Waals surface area (Å²) in [5.74, 6) is 0.383. The van der Waals surface area contributed by atoms with Crippen molar-refractivity contribution < 1.29 is 4.79 Å². The maximum Gasteiger partial charge on any atom is 0.256 e. The Morgan fingerprint density at radius 3 is 2.59 bits per heavy atom. The fourth-order valence-corrected chi connectivity index (χ4v) is 1.29. The van der Waals surface area contributed by atoms with Crippen LogP contribution in [0.2, 0.25) is 0 Å². The van der Waals surface area contributed by atoms with Gasteiger partial charge in [0.25, 0.3) is 5.91 Å². The van der Waals surface area contributed by atoms with Gasteiger partial charge in [0.1, 0.15) is 5.82 Å². The van der Waals surface area contributed by atoms with Gasteiger partial charge in [0, 0.05) is 12.6 Å². The van der Waals surface area contributed by atoms with Gasteiger partial charge < -0.3 is 10.6 Å². The van der Waals surface area contributed by atoms with Crippen LogP contribution in [-0.2, 0) is 4.79 Å². The van der Waals surface area contributed by atoms with E-state index in [4.69, 9.17) is 0 Å². The first-order valence-corrected chi connectivity index (χ1v) is 5.45. The smallest absolute Gasteiger partial charge is 0.256 e. The summed E-state index contributed by atoms with van der Waals surface area (Å²) in [5, 5.41) is 5.70. The predicted molar refractivity (Wildman–Crippen MR) is 71.0 cm³/mol. The highest BCUT2D eigenvalue weighted by atomic mass is 16.1. The molecular formula is C13H17N3O. The van der Waals surface area contributed by atoms with Crippen molar-refractivity contribution in [2.75, 3.05) is 17.7 Å². The molecule has 0 spiro atoms. The number of carbonyl (C=O) groups is 1. The van der Waals surface area contributed by atoms with Crippen molar-refractivity contribution >= 4 is 17.4 Å². The average molecular weight is 231 g/mol. The standard InChI is InChI=1S/C13H17N3O/c1-4-6-10(5-2)13(17)16-12-8-7-11(14-3)9-15-12/h4-9,14H,1-3H3,(H,15,16,17)/b6-4-,10-5+. The monoisotopic (exact) mass is 231 g/mol. The van der Waals surface area contributed by atoms with Crippen LogP contribution in [0.3, 0.4) is 0 Å². The summed E-state index contributed by atoms with van der Waals surface area (Å²) in [7, 11) is 1.82. The molecule has 0 aliphatic rings. The second kappa shape index (κ2) is 6.48. The van der Waals surface area contributed by atoms with Gasteiger partial charge in [0.05, 0.1) is 11.9 Å². The Kier molecular flexibility index (Phi) is 4.94. The summed E-state index contributed by atoms with van der Waals surface area (Å²) in [5.41, 5.74) is 1.52. The number of nitrogens with zero attached hydrogens (tertiary/aromatic N) is 1. The molecule has 0 radical (unpaired) electrons. The lowest BCUT2D eigenvalue weighted by atomic mass is 10.2. The molecule has 0 atom stereocenters. The number of hydrogen-bond acceptors (Lipinski definition) is 3. The van der Waals surface area contributed by atoms with Gasteiger partial charge in [-0.3, -0.25) is 4.79 Å². The molecule has 0 aliphatic carbocycles. The van der Waals surface area contributed by atoms with E-state index in [9.17, 15) is 4.79 Å².